The molecule has 3 rings (SSSR count). The van der Waals surface area contributed by atoms with Crippen LogP contribution in [0.4, 0.5) is 8.78 Å². The summed E-state index contributed by atoms with van der Waals surface area (Å²) in [4.78, 5) is 16.1. The smallest absolute Gasteiger partial charge is 0.252 e. The maximum Gasteiger partial charge on any atom is 0.252 e. The van der Waals surface area contributed by atoms with Gasteiger partial charge in [-0.15, -0.1) is 0 Å². The third-order valence-corrected chi connectivity index (χ3v) is 3.76. The molecule has 1 saturated heterocycles. The molecule has 1 atom stereocenters. The second-order valence-corrected chi connectivity index (χ2v) is 5.43. The molecule has 1 N–H and O–H groups in total. The Kier molecular flexibility index (Phi) is 4.62. The van der Waals surface area contributed by atoms with Crippen LogP contribution in [-0.2, 0) is 4.74 Å². The summed E-state index contributed by atoms with van der Waals surface area (Å²) < 4.78 is 32.3. The number of nitrogens with one attached hydrogen (secondary N) is 1. The van der Waals surface area contributed by atoms with Crippen LogP contribution in [0.15, 0.2) is 36.7 Å². The highest BCUT2D eigenvalue weighted by molar-refractivity contribution is 5.95. The highest BCUT2D eigenvalue weighted by atomic mass is 19.1. The molecule has 0 saturated carbocycles. The van der Waals surface area contributed by atoms with Crippen molar-refractivity contribution in [1.82, 2.24) is 10.3 Å². The topological polar surface area (TPSA) is 51.2 Å². The monoisotopic (exact) mass is 318 g/mol. The zero-order chi connectivity index (χ0) is 16.2. The first kappa shape index (κ1) is 15.6. The van der Waals surface area contributed by atoms with E-state index in [-0.39, 0.29) is 17.6 Å². The van der Waals surface area contributed by atoms with Crippen molar-refractivity contribution in [3.05, 3.63) is 53.9 Å². The maximum absolute atomic E-state index is 13.8. The molecule has 0 radical (unpaired) electrons. The Balaban J connectivity index is 1.74. The van der Waals surface area contributed by atoms with Crippen LogP contribution in [0, 0.1) is 11.6 Å². The van der Waals surface area contributed by atoms with E-state index in [2.05, 4.69) is 10.3 Å². The number of nitrogens with zero attached hydrogens (tertiary/aromatic N) is 1. The molecule has 0 aliphatic carbocycles. The Bertz CT molecular complexity index is 715. The maximum atomic E-state index is 13.8. The zero-order valence-corrected chi connectivity index (χ0v) is 12.4. The van der Waals surface area contributed by atoms with Crippen LogP contribution in [-0.4, -0.2) is 30.1 Å². The van der Waals surface area contributed by atoms with Crippen molar-refractivity contribution >= 4 is 5.91 Å². The number of aromatic nitrogens is 1. The van der Waals surface area contributed by atoms with Gasteiger partial charge in [0.1, 0.15) is 11.6 Å². The van der Waals surface area contributed by atoms with Gasteiger partial charge in [-0.3, -0.25) is 9.78 Å². The Morgan fingerprint density at radius 1 is 1.30 bits per heavy atom. The number of pyridine rings is 1. The summed E-state index contributed by atoms with van der Waals surface area (Å²) in [6.07, 6.45) is 4.83. The van der Waals surface area contributed by atoms with Gasteiger partial charge >= 0.3 is 0 Å². The van der Waals surface area contributed by atoms with Crippen LogP contribution in [0.2, 0.25) is 0 Å². The number of benzene rings is 1. The van der Waals surface area contributed by atoms with Gasteiger partial charge in [-0.1, -0.05) is 0 Å². The van der Waals surface area contributed by atoms with Crippen molar-refractivity contribution in [2.24, 2.45) is 0 Å². The van der Waals surface area contributed by atoms with E-state index in [9.17, 15) is 13.6 Å². The first-order chi connectivity index (χ1) is 11.1. The second kappa shape index (κ2) is 6.83. The van der Waals surface area contributed by atoms with Gasteiger partial charge in [0.2, 0.25) is 0 Å². The molecule has 2 heterocycles. The van der Waals surface area contributed by atoms with E-state index in [0.717, 1.165) is 25.5 Å². The molecule has 0 unspecified atom stereocenters. The van der Waals surface area contributed by atoms with Crippen molar-refractivity contribution < 1.29 is 18.3 Å². The highest BCUT2D eigenvalue weighted by Gasteiger charge is 2.17. The molecular formula is C17H16F2N2O2. The van der Waals surface area contributed by atoms with Gasteiger partial charge in [-0.2, -0.15) is 0 Å². The Labute approximate surface area is 132 Å². The molecule has 4 nitrogen and oxygen atoms in total. The second-order valence-electron chi connectivity index (χ2n) is 5.43. The quantitative estimate of drug-likeness (QED) is 0.943. The van der Waals surface area contributed by atoms with Crippen molar-refractivity contribution in [2.75, 3.05) is 13.2 Å². The number of halogens is 2. The standard InChI is InChI=1S/C17H16F2N2O2/c18-13-3-4-15(16(19)7-13)11-6-12(9-20-8-11)17(22)21-10-14-2-1-5-23-14/h3-4,6-9,14H,1-2,5,10H2,(H,21,22)/t14-/m0/s1. The molecule has 1 aliphatic rings. The summed E-state index contributed by atoms with van der Waals surface area (Å²) in [7, 11) is 0. The lowest BCUT2D eigenvalue weighted by Gasteiger charge is -2.11. The molecule has 120 valence electrons. The largest absolute Gasteiger partial charge is 0.376 e. The van der Waals surface area contributed by atoms with E-state index in [1.807, 2.05) is 0 Å². The molecule has 23 heavy (non-hydrogen) atoms. The first-order valence-corrected chi connectivity index (χ1v) is 7.44. The van der Waals surface area contributed by atoms with E-state index in [1.165, 1.54) is 30.6 Å². The van der Waals surface area contributed by atoms with Crippen LogP contribution >= 0.6 is 0 Å². The van der Waals surface area contributed by atoms with E-state index in [0.29, 0.717) is 17.7 Å². The van der Waals surface area contributed by atoms with Gasteiger partial charge < -0.3 is 10.1 Å². The summed E-state index contributed by atoms with van der Waals surface area (Å²) in [6, 6.07) is 4.84. The van der Waals surface area contributed by atoms with E-state index in [1.54, 1.807) is 0 Å². The molecular weight excluding hydrogens is 302 g/mol. The Morgan fingerprint density at radius 3 is 2.91 bits per heavy atom. The molecule has 0 spiro atoms. The fourth-order valence-corrected chi connectivity index (χ4v) is 2.55. The van der Waals surface area contributed by atoms with Crippen molar-refractivity contribution in [1.29, 1.82) is 0 Å². The molecule has 1 fully saturated rings. The normalized spacial score (nSPS) is 17.2. The SMILES string of the molecule is O=C(NC[C@@H]1CCCO1)c1cncc(-c2ccc(F)cc2F)c1. The minimum atomic E-state index is -0.691. The van der Waals surface area contributed by atoms with Crippen LogP contribution < -0.4 is 5.32 Å². The zero-order valence-electron chi connectivity index (χ0n) is 12.4. The van der Waals surface area contributed by atoms with Crippen LogP contribution in [0.1, 0.15) is 23.2 Å². The predicted molar refractivity (Wildman–Crippen MR) is 80.9 cm³/mol. The summed E-state index contributed by atoms with van der Waals surface area (Å²) >= 11 is 0. The molecule has 2 aromatic rings. The van der Waals surface area contributed by atoms with E-state index < -0.39 is 11.6 Å². The minimum absolute atomic E-state index is 0.0460. The third-order valence-electron chi connectivity index (χ3n) is 3.76. The summed E-state index contributed by atoms with van der Waals surface area (Å²) in [6.45, 7) is 1.16. The lowest BCUT2D eigenvalue weighted by atomic mass is 10.1. The molecule has 1 aromatic heterocycles. The number of hydrogen-bond acceptors (Lipinski definition) is 3. The molecule has 1 amide bonds. The van der Waals surface area contributed by atoms with Crippen LogP contribution in [0.3, 0.4) is 0 Å². The third kappa shape index (κ3) is 3.71. The van der Waals surface area contributed by atoms with Crippen LogP contribution in [0.5, 0.6) is 0 Å². The van der Waals surface area contributed by atoms with Crippen molar-refractivity contribution in [2.45, 2.75) is 18.9 Å². The molecule has 1 aromatic carbocycles. The highest BCUT2D eigenvalue weighted by Crippen LogP contribution is 2.23. The van der Waals surface area contributed by atoms with Crippen molar-refractivity contribution in [3.8, 4) is 11.1 Å². The summed E-state index contributed by atoms with van der Waals surface area (Å²) in [5.74, 6) is -1.63. The number of amides is 1. The van der Waals surface area contributed by atoms with Gasteiger partial charge in [0.15, 0.2) is 0 Å². The average molecular weight is 318 g/mol. The Morgan fingerprint density at radius 2 is 2.17 bits per heavy atom. The average Bonchev–Trinajstić information content (AvgIpc) is 3.06. The lowest BCUT2D eigenvalue weighted by Crippen LogP contribution is -2.31. The van der Waals surface area contributed by atoms with Gasteiger partial charge in [0.25, 0.3) is 5.91 Å². The first-order valence-electron chi connectivity index (χ1n) is 7.44. The van der Waals surface area contributed by atoms with Crippen LogP contribution in [0.25, 0.3) is 11.1 Å². The number of hydrogen-bond donors (Lipinski definition) is 1. The van der Waals surface area contributed by atoms with Gasteiger partial charge in [0.05, 0.1) is 11.7 Å². The molecule has 0 bridgehead atoms. The number of carbonyl (C=O) groups is 1. The predicted octanol–water partition coefficient (Wildman–Crippen LogP) is 2.94. The van der Waals surface area contributed by atoms with E-state index in [4.69, 9.17) is 4.74 Å². The minimum Gasteiger partial charge on any atom is -0.376 e. The fraction of sp³-hybridized carbons (Fsp3) is 0.294. The summed E-state index contributed by atoms with van der Waals surface area (Å²) in [5, 5.41) is 2.79. The molecule has 6 heteroatoms. The fourth-order valence-electron chi connectivity index (χ4n) is 2.55. The van der Waals surface area contributed by atoms with Gasteiger partial charge in [0, 0.05) is 42.7 Å². The Hall–Kier alpha value is -2.34. The van der Waals surface area contributed by atoms with Crippen molar-refractivity contribution in [3.63, 3.8) is 0 Å². The van der Waals surface area contributed by atoms with Gasteiger partial charge in [-0.25, -0.2) is 8.78 Å². The van der Waals surface area contributed by atoms with Gasteiger partial charge in [-0.05, 0) is 31.0 Å². The lowest BCUT2D eigenvalue weighted by molar-refractivity contribution is 0.0857. The molecule has 1 aliphatic heterocycles. The van der Waals surface area contributed by atoms with E-state index >= 15 is 0 Å². The number of ether oxygens (including phenoxy) is 1. The summed E-state index contributed by atoms with van der Waals surface area (Å²) in [5.41, 5.74) is 0.948. The number of rotatable bonds is 4. The number of carbonyl (C=O) groups excluding carboxylic acids is 1.